The summed E-state index contributed by atoms with van der Waals surface area (Å²) in [5.74, 6) is 1.22. The Morgan fingerprint density at radius 2 is 1.94 bits per heavy atom. The zero-order chi connectivity index (χ0) is 12.1. The maximum Gasteiger partial charge on any atom is 0.414 e. The zero-order valence-electron chi connectivity index (χ0n) is 10.5. The van der Waals surface area contributed by atoms with Crippen LogP contribution in [0.4, 0.5) is 4.79 Å². The van der Waals surface area contributed by atoms with Crippen molar-refractivity contribution in [3.8, 4) is 0 Å². The van der Waals surface area contributed by atoms with Gasteiger partial charge in [0.05, 0.1) is 0 Å². The van der Waals surface area contributed by atoms with Crippen molar-refractivity contribution in [1.29, 1.82) is 0 Å². The molecule has 1 aliphatic rings. The number of nitrogens with zero attached hydrogens (tertiary/aromatic N) is 1. The molecular weight excluding hydrogens is 202 g/mol. The summed E-state index contributed by atoms with van der Waals surface area (Å²) in [6.45, 7) is 11.2. The molecule has 0 radical (unpaired) electrons. The van der Waals surface area contributed by atoms with Gasteiger partial charge in [-0.2, -0.15) is 0 Å². The lowest BCUT2D eigenvalue weighted by Gasteiger charge is -2.31. The van der Waals surface area contributed by atoms with Crippen molar-refractivity contribution >= 4 is 6.09 Å². The number of carbonyl (C=O) groups excluding carboxylic acids is 1. The Bertz CT molecular complexity index is 299. The molecule has 0 aromatic carbocycles. The molecule has 0 spiro atoms. The Morgan fingerprint density at radius 3 is 2.38 bits per heavy atom. The largest absolute Gasteiger partial charge is 0.415 e. The number of piperidine rings is 1. The summed E-state index contributed by atoms with van der Waals surface area (Å²) in [6, 6.07) is 0. The maximum absolute atomic E-state index is 11.7. The SMILES string of the molecule is C=C(C)C1CCN(C(=O)O/C(C)=C\C)CC1. The molecule has 3 heteroatoms. The average Bonchev–Trinajstić information content (AvgIpc) is 2.28. The second-order valence-electron chi connectivity index (χ2n) is 4.37. The maximum atomic E-state index is 11.7. The van der Waals surface area contributed by atoms with Gasteiger partial charge in [0.15, 0.2) is 0 Å². The minimum Gasteiger partial charge on any atom is -0.415 e. The second-order valence-corrected chi connectivity index (χ2v) is 4.37. The van der Waals surface area contributed by atoms with Crippen LogP contribution >= 0.6 is 0 Å². The molecule has 1 rings (SSSR count). The molecule has 0 atom stereocenters. The Labute approximate surface area is 97.8 Å². The van der Waals surface area contributed by atoms with Crippen molar-refractivity contribution in [2.45, 2.75) is 33.6 Å². The summed E-state index contributed by atoms with van der Waals surface area (Å²) in [7, 11) is 0. The lowest BCUT2D eigenvalue weighted by atomic mass is 9.91. The molecule has 0 saturated carbocycles. The monoisotopic (exact) mass is 223 g/mol. The standard InChI is InChI=1S/C13H21NO2/c1-5-11(4)16-13(15)14-8-6-12(7-9-14)10(2)3/h5,12H,2,6-9H2,1,3-4H3/b11-5-. The minimum atomic E-state index is -0.226. The van der Waals surface area contributed by atoms with Crippen molar-refractivity contribution < 1.29 is 9.53 Å². The third kappa shape index (κ3) is 3.40. The fourth-order valence-electron chi connectivity index (χ4n) is 1.82. The van der Waals surface area contributed by atoms with Crippen molar-refractivity contribution in [3.63, 3.8) is 0 Å². The van der Waals surface area contributed by atoms with Crippen LogP contribution in [0.5, 0.6) is 0 Å². The normalized spacial score (nSPS) is 18.4. The molecule has 0 bridgehead atoms. The Morgan fingerprint density at radius 1 is 1.38 bits per heavy atom. The van der Waals surface area contributed by atoms with E-state index in [1.807, 2.05) is 6.92 Å². The summed E-state index contributed by atoms with van der Waals surface area (Å²) >= 11 is 0. The summed E-state index contributed by atoms with van der Waals surface area (Å²) in [5.41, 5.74) is 1.22. The molecule has 1 heterocycles. The number of likely N-dealkylation sites (tertiary alicyclic amines) is 1. The summed E-state index contributed by atoms with van der Waals surface area (Å²) in [4.78, 5) is 13.5. The number of carbonyl (C=O) groups is 1. The van der Waals surface area contributed by atoms with Gasteiger partial charge in [-0.15, -0.1) is 0 Å². The first kappa shape index (κ1) is 12.8. The number of hydrogen-bond donors (Lipinski definition) is 0. The molecule has 0 aliphatic carbocycles. The third-order valence-electron chi connectivity index (χ3n) is 3.10. The van der Waals surface area contributed by atoms with E-state index < -0.39 is 0 Å². The van der Waals surface area contributed by atoms with Gasteiger partial charge in [-0.25, -0.2) is 4.79 Å². The van der Waals surface area contributed by atoms with Gasteiger partial charge in [0.2, 0.25) is 0 Å². The topological polar surface area (TPSA) is 29.5 Å². The van der Waals surface area contributed by atoms with E-state index in [-0.39, 0.29) is 6.09 Å². The molecule has 0 aromatic heterocycles. The van der Waals surface area contributed by atoms with Gasteiger partial charge in [0.25, 0.3) is 0 Å². The number of hydrogen-bond acceptors (Lipinski definition) is 2. The molecule has 3 nitrogen and oxygen atoms in total. The van der Waals surface area contributed by atoms with Gasteiger partial charge in [0, 0.05) is 13.1 Å². The highest BCUT2D eigenvalue weighted by Crippen LogP contribution is 2.23. The summed E-state index contributed by atoms with van der Waals surface area (Å²) in [6.07, 6.45) is 3.56. The quantitative estimate of drug-likeness (QED) is 0.531. The molecule has 90 valence electrons. The molecule has 0 aromatic rings. The molecule has 1 saturated heterocycles. The Balaban J connectivity index is 2.42. The number of amides is 1. The zero-order valence-corrected chi connectivity index (χ0v) is 10.5. The van der Waals surface area contributed by atoms with E-state index in [1.165, 1.54) is 5.57 Å². The van der Waals surface area contributed by atoms with E-state index in [4.69, 9.17) is 4.74 Å². The van der Waals surface area contributed by atoms with Crippen molar-refractivity contribution in [3.05, 3.63) is 24.0 Å². The molecule has 1 fully saturated rings. The van der Waals surface area contributed by atoms with Crippen molar-refractivity contribution in [2.24, 2.45) is 5.92 Å². The highest BCUT2D eigenvalue weighted by molar-refractivity contribution is 5.68. The van der Waals surface area contributed by atoms with E-state index >= 15 is 0 Å². The van der Waals surface area contributed by atoms with E-state index in [2.05, 4.69) is 13.5 Å². The van der Waals surface area contributed by atoms with Crippen LogP contribution in [0.2, 0.25) is 0 Å². The van der Waals surface area contributed by atoms with Crippen molar-refractivity contribution in [2.75, 3.05) is 13.1 Å². The molecule has 16 heavy (non-hydrogen) atoms. The predicted octanol–water partition coefficient (Wildman–Crippen LogP) is 3.33. The lowest BCUT2D eigenvalue weighted by molar-refractivity contribution is 0.114. The van der Waals surface area contributed by atoms with Crippen LogP contribution in [0.1, 0.15) is 33.6 Å². The van der Waals surface area contributed by atoms with Crippen LogP contribution in [-0.2, 0) is 4.74 Å². The lowest BCUT2D eigenvalue weighted by Crippen LogP contribution is -2.38. The van der Waals surface area contributed by atoms with Gasteiger partial charge in [-0.1, -0.05) is 12.2 Å². The number of ether oxygens (including phenoxy) is 1. The van der Waals surface area contributed by atoms with Crippen LogP contribution < -0.4 is 0 Å². The second kappa shape index (κ2) is 5.73. The summed E-state index contributed by atoms with van der Waals surface area (Å²) < 4.78 is 5.16. The number of rotatable bonds is 2. The Hall–Kier alpha value is -1.25. The van der Waals surface area contributed by atoms with Crippen LogP contribution in [0, 0.1) is 5.92 Å². The van der Waals surface area contributed by atoms with Gasteiger partial charge < -0.3 is 9.64 Å². The Kier molecular flexibility index (Phi) is 4.59. The fraction of sp³-hybridized carbons (Fsp3) is 0.615. The van der Waals surface area contributed by atoms with Crippen LogP contribution in [0.3, 0.4) is 0 Å². The van der Waals surface area contributed by atoms with E-state index in [0.717, 1.165) is 25.9 Å². The first-order chi connectivity index (χ1) is 7.54. The molecule has 1 amide bonds. The predicted molar refractivity (Wildman–Crippen MR) is 65.0 cm³/mol. The van der Waals surface area contributed by atoms with Gasteiger partial charge >= 0.3 is 6.09 Å². The van der Waals surface area contributed by atoms with E-state index in [0.29, 0.717) is 11.7 Å². The molecule has 1 aliphatic heterocycles. The van der Waals surface area contributed by atoms with E-state index in [1.54, 1.807) is 17.9 Å². The summed E-state index contributed by atoms with van der Waals surface area (Å²) in [5, 5.41) is 0. The average molecular weight is 223 g/mol. The fourth-order valence-corrected chi connectivity index (χ4v) is 1.82. The van der Waals surface area contributed by atoms with Crippen LogP contribution in [0.15, 0.2) is 24.0 Å². The van der Waals surface area contributed by atoms with Crippen LogP contribution in [-0.4, -0.2) is 24.1 Å². The van der Waals surface area contributed by atoms with E-state index in [9.17, 15) is 4.79 Å². The molecular formula is C13H21NO2. The minimum absolute atomic E-state index is 0.226. The highest BCUT2D eigenvalue weighted by atomic mass is 16.6. The van der Waals surface area contributed by atoms with Crippen molar-refractivity contribution in [1.82, 2.24) is 4.90 Å². The third-order valence-corrected chi connectivity index (χ3v) is 3.10. The first-order valence-corrected chi connectivity index (χ1v) is 5.79. The first-order valence-electron chi connectivity index (χ1n) is 5.79. The van der Waals surface area contributed by atoms with Crippen LogP contribution in [0.25, 0.3) is 0 Å². The molecule has 0 N–H and O–H groups in total. The van der Waals surface area contributed by atoms with Gasteiger partial charge in [-0.05, 0) is 45.6 Å². The van der Waals surface area contributed by atoms with Gasteiger partial charge in [0.1, 0.15) is 5.76 Å². The van der Waals surface area contributed by atoms with Gasteiger partial charge in [-0.3, -0.25) is 0 Å². The smallest absolute Gasteiger partial charge is 0.414 e. The molecule has 0 unspecified atom stereocenters. The number of allylic oxidation sites excluding steroid dienone is 3. The highest BCUT2D eigenvalue weighted by Gasteiger charge is 2.24.